The summed E-state index contributed by atoms with van der Waals surface area (Å²) < 4.78 is 1.30. The summed E-state index contributed by atoms with van der Waals surface area (Å²) in [5.74, 6) is -0.0438. The lowest BCUT2D eigenvalue weighted by molar-refractivity contribution is 0.472. The quantitative estimate of drug-likeness (QED) is 0.892. The van der Waals surface area contributed by atoms with Gasteiger partial charge < -0.3 is 5.11 Å². The molecule has 0 aliphatic heterocycles. The third-order valence-corrected chi connectivity index (χ3v) is 3.13. The number of hydrogen-bond donors (Lipinski definition) is 1. The Labute approximate surface area is 103 Å². The topological polar surface area (TPSA) is 54.6 Å². The number of nitrogens with zero attached hydrogens (tertiary/aromatic N) is 2. The minimum Gasteiger partial charge on any atom is -0.504 e. The molecule has 2 aromatic rings. The second-order valence-electron chi connectivity index (χ2n) is 3.98. The molecule has 0 spiro atoms. The van der Waals surface area contributed by atoms with E-state index in [0.29, 0.717) is 22.6 Å². The number of aryl methyl sites for hydroxylation is 1. The van der Waals surface area contributed by atoms with Crippen LogP contribution in [-0.2, 0) is 6.42 Å². The molecule has 0 amide bonds. The first-order valence-corrected chi connectivity index (χ1v) is 5.82. The van der Waals surface area contributed by atoms with E-state index in [4.69, 9.17) is 11.6 Å². The van der Waals surface area contributed by atoms with E-state index in [1.165, 1.54) is 16.8 Å². The van der Waals surface area contributed by atoms with Crippen molar-refractivity contribution in [1.29, 1.82) is 0 Å². The Hall–Kier alpha value is -1.55. The molecule has 0 saturated carbocycles. The lowest BCUT2D eigenvalue weighted by Gasteiger charge is -2.08. The third-order valence-electron chi connectivity index (χ3n) is 2.75. The Morgan fingerprint density at radius 1 is 1.53 bits per heavy atom. The molecule has 0 radical (unpaired) electrons. The number of rotatable bonds is 2. The van der Waals surface area contributed by atoms with Crippen molar-refractivity contribution in [3.05, 3.63) is 38.9 Å². The van der Waals surface area contributed by atoms with Gasteiger partial charge in [-0.05, 0) is 13.3 Å². The molecule has 17 heavy (non-hydrogen) atoms. The van der Waals surface area contributed by atoms with Crippen LogP contribution in [0.1, 0.15) is 24.5 Å². The maximum atomic E-state index is 12.1. The van der Waals surface area contributed by atoms with Gasteiger partial charge in [0, 0.05) is 23.5 Å². The number of halogens is 1. The minimum absolute atomic E-state index is 0.0438. The van der Waals surface area contributed by atoms with E-state index in [-0.39, 0.29) is 17.0 Å². The Morgan fingerprint density at radius 3 is 2.88 bits per heavy atom. The van der Waals surface area contributed by atoms with Crippen molar-refractivity contribution in [2.45, 2.75) is 26.7 Å². The van der Waals surface area contributed by atoms with E-state index in [2.05, 4.69) is 4.98 Å². The van der Waals surface area contributed by atoms with Gasteiger partial charge in [0.2, 0.25) is 0 Å². The second kappa shape index (κ2) is 4.37. The summed E-state index contributed by atoms with van der Waals surface area (Å²) in [5, 5.41) is 10.2. The van der Waals surface area contributed by atoms with Gasteiger partial charge in [-0.2, -0.15) is 0 Å². The zero-order valence-corrected chi connectivity index (χ0v) is 10.5. The van der Waals surface area contributed by atoms with Crippen LogP contribution in [0.4, 0.5) is 0 Å². The lowest BCUT2D eigenvalue weighted by Crippen LogP contribution is -2.19. The van der Waals surface area contributed by atoms with Crippen LogP contribution in [-0.4, -0.2) is 14.5 Å². The first-order valence-electron chi connectivity index (χ1n) is 5.44. The summed E-state index contributed by atoms with van der Waals surface area (Å²) in [6.07, 6.45) is 4.56. The van der Waals surface area contributed by atoms with Gasteiger partial charge in [0.05, 0.1) is 5.02 Å². The fourth-order valence-electron chi connectivity index (χ4n) is 1.73. The van der Waals surface area contributed by atoms with Gasteiger partial charge in [0.25, 0.3) is 5.56 Å². The number of fused-ring (bicyclic) bond motifs is 1. The number of aromatic nitrogens is 2. The molecule has 0 aliphatic rings. The Balaban J connectivity index is 2.83. The maximum absolute atomic E-state index is 12.1. The second-order valence-corrected chi connectivity index (χ2v) is 4.39. The van der Waals surface area contributed by atoms with Gasteiger partial charge in [-0.25, -0.2) is 4.98 Å². The van der Waals surface area contributed by atoms with Crippen molar-refractivity contribution in [2.24, 2.45) is 0 Å². The molecule has 0 atom stereocenters. The molecule has 4 nitrogen and oxygen atoms in total. The van der Waals surface area contributed by atoms with Gasteiger partial charge in [0.15, 0.2) is 11.4 Å². The van der Waals surface area contributed by atoms with Crippen LogP contribution in [0, 0.1) is 6.92 Å². The molecule has 0 fully saturated rings. The van der Waals surface area contributed by atoms with Crippen LogP contribution >= 0.6 is 11.6 Å². The highest BCUT2D eigenvalue weighted by atomic mass is 35.5. The molecule has 5 heteroatoms. The standard InChI is InChI=1S/C12H13ClN2O2/c1-3-4-8-5-14-11-10(16)7(2)9(13)6-15(11)12(8)17/h5-6,16H,3-4H2,1-2H3. The molecule has 90 valence electrons. The fourth-order valence-corrected chi connectivity index (χ4v) is 1.92. The largest absolute Gasteiger partial charge is 0.504 e. The van der Waals surface area contributed by atoms with Crippen LogP contribution in [0.3, 0.4) is 0 Å². The number of pyridine rings is 1. The van der Waals surface area contributed by atoms with Gasteiger partial charge in [-0.1, -0.05) is 24.9 Å². The summed E-state index contributed by atoms with van der Waals surface area (Å²) >= 11 is 5.95. The summed E-state index contributed by atoms with van der Waals surface area (Å²) in [6.45, 7) is 3.68. The van der Waals surface area contributed by atoms with Crippen LogP contribution in [0.2, 0.25) is 5.02 Å². The summed E-state index contributed by atoms with van der Waals surface area (Å²) in [5.41, 5.74) is 1.23. The summed E-state index contributed by atoms with van der Waals surface area (Å²) in [6, 6.07) is 0. The van der Waals surface area contributed by atoms with Crippen molar-refractivity contribution in [2.75, 3.05) is 0 Å². The monoisotopic (exact) mass is 252 g/mol. The van der Waals surface area contributed by atoms with E-state index in [9.17, 15) is 9.90 Å². The Morgan fingerprint density at radius 2 is 2.24 bits per heavy atom. The number of hydrogen-bond acceptors (Lipinski definition) is 3. The van der Waals surface area contributed by atoms with Crippen molar-refractivity contribution in [3.8, 4) is 5.75 Å². The normalized spacial score (nSPS) is 11.0. The van der Waals surface area contributed by atoms with E-state index >= 15 is 0 Å². The zero-order valence-electron chi connectivity index (χ0n) is 9.70. The minimum atomic E-state index is -0.172. The van der Waals surface area contributed by atoms with Gasteiger partial charge in [-0.3, -0.25) is 9.20 Å². The first-order chi connectivity index (χ1) is 8.06. The average Bonchev–Trinajstić information content (AvgIpc) is 2.31. The van der Waals surface area contributed by atoms with Crippen LogP contribution in [0.5, 0.6) is 5.75 Å². The molecule has 0 saturated heterocycles. The molecule has 0 unspecified atom stereocenters. The molecular weight excluding hydrogens is 240 g/mol. The van der Waals surface area contributed by atoms with Crippen LogP contribution in [0.25, 0.3) is 5.65 Å². The molecule has 2 heterocycles. The van der Waals surface area contributed by atoms with Crippen LogP contribution in [0.15, 0.2) is 17.2 Å². The smallest absolute Gasteiger partial charge is 0.261 e. The zero-order chi connectivity index (χ0) is 12.6. The van der Waals surface area contributed by atoms with E-state index in [1.54, 1.807) is 6.92 Å². The summed E-state index contributed by atoms with van der Waals surface area (Å²) in [4.78, 5) is 16.2. The molecule has 0 bridgehead atoms. The van der Waals surface area contributed by atoms with Crippen molar-refractivity contribution < 1.29 is 5.11 Å². The molecule has 2 rings (SSSR count). The highest BCUT2D eigenvalue weighted by Crippen LogP contribution is 2.27. The lowest BCUT2D eigenvalue weighted by atomic mass is 10.2. The molecule has 0 aliphatic carbocycles. The Kier molecular flexibility index (Phi) is 3.07. The maximum Gasteiger partial charge on any atom is 0.261 e. The van der Waals surface area contributed by atoms with Crippen LogP contribution < -0.4 is 5.56 Å². The van der Waals surface area contributed by atoms with Gasteiger partial charge >= 0.3 is 0 Å². The van der Waals surface area contributed by atoms with E-state index in [0.717, 1.165) is 6.42 Å². The molecular formula is C12H13ClN2O2. The van der Waals surface area contributed by atoms with Gasteiger partial charge in [-0.15, -0.1) is 0 Å². The number of aromatic hydroxyl groups is 1. The first kappa shape index (κ1) is 11.9. The Bertz CT molecular complexity index is 634. The van der Waals surface area contributed by atoms with Crippen molar-refractivity contribution >= 4 is 17.2 Å². The highest BCUT2D eigenvalue weighted by molar-refractivity contribution is 6.31. The summed E-state index contributed by atoms with van der Waals surface area (Å²) in [7, 11) is 0. The predicted molar refractivity (Wildman–Crippen MR) is 66.9 cm³/mol. The molecule has 2 aromatic heterocycles. The SMILES string of the molecule is CCCc1cnc2c(O)c(C)c(Cl)cn2c1=O. The predicted octanol–water partition coefficient (Wildman–Crippen LogP) is 2.31. The third kappa shape index (κ3) is 1.89. The van der Waals surface area contributed by atoms with E-state index < -0.39 is 0 Å². The van der Waals surface area contributed by atoms with Crippen molar-refractivity contribution in [1.82, 2.24) is 9.38 Å². The fraction of sp³-hybridized carbons (Fsp3) is 0.333. The highest BCUT2D eigenvalue weighted by Gasteiger charge is 2.12. The van der Waals surface area contributed by atoms with Crippen molar-refractivity contribution in [3.63, 3.8) is 0 Å². The molecule has 1 N–H and O–H groups in total. The molecule has 0 aromatic carbocycles. The van der Waals surface area contributed by atoms with Gasteiger partial charge in [0.1, 0.15) is 0 Å². The average molecular weight is 253 g/mol. The van der Waals surface area contributed by atoms with E-state index in [1.807, 2.05) is 6.92 Å².